The minimum atomic E-state index is 0. The van der Waals surface area contributed by atoms with Crippen molar-refractivity contribution in [3.8, 4) is 11.1 Å². The average Bonchev–Trinajstić information content (AvgIpc) is 3.38. The van der Waals surface area contributed by atoms with E-state index in [-0.39, 0.29) is 7.43 Å². The molecule has 1 heterocycles. The lowest BCUT2D eigenvalue weighted by atomic mass is 9.90. The van der Waals surface area contributed by atoms with Crippen molar-refractivity contribution in [1.29, 1.82) is 0 Å². The maximum Gasteiger partial charge on any atom is 0.00905 e. The molecule has 162 valence electrons. The Hall–Kier alpha value is -3.06. The Labute approximate surface area is 189 Å². The summed E-state index contributed by atoms with van der Waals surface area (Å²) in [6.45, 7) is 14.6. The van der Waals surface area contributed by atoms with Gasteiger partial charge in [0.1, 0.15) is 0 Å². The first-order chi connectivity index (χ1) is 14.4. The zero-order valence-electron chi connectivity index (χ0n) is 19.0. The Morgan fingerprint density at radius 3 is 2.58 bits per heavy atom. The first kappa shape index (κ1) is 24.2. The second-order valence-electron chi connectivity index (χ2n) is 8.11. The molecule has 1 heteroatoms. The Bertz CT molecular complexity index is 1090. The topological polar surface area (TPSA) is 15.8 Å². The van der Waals surface area contributed by atoms with Gasteiger partial charge < -0.3 is 4.98 Å². The molecule has 0 saturated carbocycles. The molecule has 0 spiro atoms. The molecule has 0 aliphatic heterocycles. The van der Waals surface area contributed by atoms with Crippen LogP contribution in [0.15, 0.2) is 78.7 Å². The first-order valence-electron chi connectivity index (χ1n) is 10.8. The van der Waals surface area contributed by atoms with Crippen molar-refractivity contribution in [2.24, 2.45) is 0 Å². The first-order valence-corrected chi connectivity index (χ1v) is 10.8. The van der Waals surface area contributed by atoms with Crippen molar-refractivity contribution in [2.45, 2.75) is 54.9 Å². The molecule has 3 rings (SSSR count). The summed E-state index contributed by atoms with van der Waals surface area (Å²) in [5.74, 6) is 0. The Morgan fingerprint density at radius 1 is 1.16 bits per heavy atom. The molecule has 0 unspecified atom stereocenters. The van der Waals surface area contributed by atoms with Crippen molar-refractivity contribution >= 4 is 17.2 Å². The average molecular weight is 412 g/mol. The zero-order valence-corrected chi connectivity index (χ0v) is 19.0. The SMILES string of the molecule is C.C=C(C)/C=C\C=C(/C)c1c[nH]cc1-c1cc(C)c(/C=C/C)c(C2=CCC(CC)=C2)c1. The minimum Gasteiger partial charge on any atom is -0.366 e. The van der Waals surface area contributed by atoms with Crippen LogP contribution in [0.25, 0.3) is 28.3 Å². The summed E-state index contributed by atoms with van der Waals surface area (Å²) >= 11 is 0. The largest absolute Gasteiger partial charge is 0.366 e. The maximum atomic E-state index is 3.93. The Morgan fingerprint density at radius 2 is 1.94 bits per heavy atom. The van der Waals surface area contributed by atoms with E-state index < -0.39 is 0 Å². The fourth-order valence-corrected chi connectivity index (χ4v) is 3.97. The summed E-state index contributed by atoms with van der Waals surface area (Å²) in [4.78, 5) is 3.32. The molecule has 1 aromatic heterocycles. The van der Waals surface area contributed by atoms with Gasteiger partial charge in [0.05, 0.1) is 0 Å². The molecule has 1 aromatic carbocycles. The van der Waals surface area contributed by atoms with Crippen molar-refractivity contribution in [1.82, 2.24) is 4.98 Å². The van der Waals surface area contributed by atoms with E-state index in [1.165, 1.54) is 50.1 Å². The molecule has 0 bridgehead atoms. The summed E-state index contributed by atoms with van der Waals surface area (Å²) in [5.41, 5.74) is 12.8. The summed E-state index contributed by atoms with van der Waals surface area (Å²) in [5, 5.41) is 0. The molecule has 0 atom stereocenters. The molecule has 0 amide bonds. The van der Waals surface area contributed by atoms with E-state index >= 15 is 0 Å². The molecule has 0 fully saturated rings. The number of nitrogens with one attached hydrogen (secondary N) is 1. The van der Waals surface area contributed by atoms with Gasteiger partial charge in [0, 0.05) is 23.5 Å². The van der Waals surface area contributed by atoms with E-state index in [2.05, 4.69) is 100 Å². The Balaban J connectivity index is 0.00000341. The van der Waals surface area contributed by atoms with Crippen LogP contribution in [0.1, 0.15) is 70.2 Å². The van der Waals surface area contributed by atoms with Gasteiger partial charge >= 0.3 is 0 Å². The molecular weight excluding hydrogens is 374 g/mol. The Kier molecular flexibility index (Phi) is 8.45. The van der Waals surface area contributed by atoms with E-state index in [1.54, 1.807) is 0 Å². The van der Waals surface area contributed by atoms with Gasteiger partial charge in [-0.3, -0.25) is 0 Å². The molecule has 1 N–H and O–H groups in total. The van der Waals surface area contributed by atoms with E-state index in [4.69, 9.17) is 0 Å². The highest BCUT2D eigenvalue weighted by Crippen LogP contribution is 2.37. The second kappa shape index (κ2) is 10.8. The van der Waals surface area contributed by atoms with Crippen LogP contribution in [0.4, 0.5) is 0 Å². The highest BCUT2D eigenvalue weighted by atomic mass is 14.6. The van der Waals surface area contributed by atoms with Crippen LogP contribution in [-0.2, 0) is 0 Å². The van der Waals surface area contributed by atoms with Gasteiger partial charge in [-0.15, -0.1) is 0 Å². The molecule has 1 nitrogen and oxygen atoms in total. The number of aromatic amines is 1. The zero-order chi connectivity index (χ0) is 21.7. The second-order valence-corrected chi connectivity index (χ2v) is 8.11. The van der Waals surface area contributed by atoms with E-state index in [9.17, 15) is 0 Å². The van der Waals surface area contributed by atoms with E-state index in [1.807, 2.05) is 13.0 Å². The van der Waals surface area contributed by atoms with Gasteiger partial charge in [0.25, 0.3) is 0 Å². The lowest BCUT2D eigenvalue weighted by Crippen LogP contribution is -1.93. The smallest absolute Gasteiger partial charge is 0.00905 e. The summed E-state index contributed by atoms with van der Waals surface area (Å²) in [6, 6.07) is 4.66. The van der Waals surface area contributed by atoms with Crippen molar-refractivity contribution in [3.05, 3.63) is 101 Å². The lowest BCUT2D eigenvalue weighted by molar-refractivity contribution is 1.05. The van der Waals surface area contributed by atoms with Crippen LogP contribution < -0.4 is 0 Å². The molecule has 1 aliphatic rings. The van der Waals surface area contributed by atoms with Crippen molar-refractivity contribution < 1.29 is 0 Å². The monoisotopic (exact) mass is 411 g/mol. The van der Waals surface area contributed by atoms with E-state index in [0.717, 1.165) is 18.4 Å². The predicted molar refractivity (Wildman–Crippen MR) is 141 cm³/mol. The standard InChI is InChI=1S/C29H33N.CH4/c1-7-10-26-22(6)15-25(17-27(26)24-14-13-23(8-2)16-24)29-19-30-18-28(29)21(5)12-9-11-20(3)4;/h7,9-12,14-19,30H,3,8,13H2,1-2,4-6H3;1H4/b10-7+,11-9-,21-12+;. The summed E-state index contributed by atoms with van der Waals surface area (Å²) in [7, 11) is 0. The molecule has 1 aliphatic carbocycles. The predicted octanol–water partition coefficient (Wildman–Crippen LogP) is 9.32. The number of benzene rings is 1. The van der Waals surface area contributed by atoms with Gasteiger partial charge in [-0.25, -0.2) is 0 Å². The number of H-pyrrole nitrogens is 1. The lowest BCUT2D eigenvalue weighted by Gasteiger charge is -2.14. The highest BCUT2D eigenvalue weighted by molar-refractivity contribution is 5.88. The van der Waals surface area contributed by atoms with E-state index in [0.29, 0.717) is 0 Å². The van der Waals surface area contributed by atoms with Crippen LogP contribution >= 0.6 is 0 Å². The van der Waals surface area contributed by atoms with Crippen molar-refractivity contribution in [2.75, 3.05) is 0 Å². The molecule has 2 aromatic rings. The molecular formula is C30H37N. The third-order valence-electron chi connectivity index (χ3n) is 5.64. The fourth-order valence-electron chi connectivity index (χ4n) is 3.97. The number of aryl methyl sites for hydroxylation is 1. The van der Waals surface area contributed by atoms with Crippen LogP contribution in [0.2, 0.25) is 0 Å². The van der Waals surface area contributed by atoms with Crippen molar-refractivity contribution in [3.63, 3.8) is 0 Å². The highest BCUT2D eigenvalue weighted by Gasteiger charge is 2.16. The maximum absolute atomic E-state index is 3.93. The third-order valence-corrected chi connectivity index (χ3v) is 5.64. The number of hydrogen-bond acceptors (Lipinski definition) is 0. The number of allylic oxidation sites excluding steroid dienone is 10. The number of hydrogen-bond donors (Lipinski definition) is 1. The summed E-state index contributed by atoms with van der Waals surface area (Å²) in [6.07, 6.45) is 21.7. The number of aromatic nitrogens is 1. The minimum absolute atomic E-state index is 0. The van der Waals surface area contributed by atoms with Crippen LogP contribution in [0.5, 0.6) is 0 Å². The summed E-state index contributed by atoms with van der Waals surface area (Å²) < 4.78 is 0. The molecule has 0 radical (unpaired) electrons. The van der Waals surface area contributed by atoms with Gasteiger partial charge in [0.2, 0.25) is 0 Å². The van der Waals surface area contributed by atoms with Crippen LogP contribution in [0, 0.1) is 6.92 Å². The number of rotatable bonds is 7. The third kappa shape index (κ3) is 5.55. The van der Waals surface area contributed by atoms with Gasteiger partial charge in [0.15, 0.2) is 0 Å². The fraction of sp³-hybridized carbons (Fsp3) is 0.267. The molecule has 0 saturated heterocycles. The van der Waals surface area contributed by atoms with Gasteiger partial charge in [-0.05, 0) is 80.0 Å². The molecule has 31 heavy (non-hydrogen) atoms. The van der Waals surface area contributed by atoms with Gasteiger partial charge in [-0.1, -0.05) is 80.7 Å². The normalized spacial score (nSPS) is 14.2. The quantitative estimate of drug-likeness (QED) is 0.437. The van der Waals surface area contributed by atoms with Crippen LogP contribution in [-0.4, -0.2) is 4.98 Å². The van der Waals surface area contributed by atoms with Crippen LogP contribution in [0.3, 0.4) is 0 Å². The van der Waals surface area contributed by atoms with Gasteiger partial charge in [-0.2, -0.15) is 0 Å².